The minimum Gasteiger partial charge on any atom is -0.480 e. The van der Waals surface area contributed by atoms with Gasteiger partial charge in [0.25, 0.3) is 5.91 Å². The maximum absolute atomic E-state index is 12.5. The van der Waals surface area contributed by atoms with Crippen molar-refractivity contribution in [3.05, 3.63) is 35.9 Å². The Morgan fingerprint density at radius 2 is 1.70 bits per heavy atom. The first-order valence-electron chi connectivity index (χ1n) is 8.93. The van der Waals surface area contributed by atoms with E-state index >= 15 is 0 Å². The van der Waals surface area contributed by atoms with Crippen LogP contribution in [0.1, 0.15) is 32.3 Å². The van der Waals surface area contributed by atoms with Gasteiger partial charge in [-0.1, -0.05) is 44.2 Å². The first-order valence-corrected chi connectivity index (χ1v) is 9.45. The molecule has 0 spiro atoms. The number of aryl methyl sites for hydroxylation is 1. The van der Waals surface area contributed by atoms with Gasteiger partial charge in [-0.15, -0.1) is 0 Å². The highest BCUT2D eigenvalue weighted by Crippen LogP contribution is 2.08. The van der Waals surface area contributed by atoms with Crippen LogP contribution >= 0.6 is 12.6 Å². The SMILES string of the molecule is CC(C)CCNC(=O)[C@@H](CCc1ccccc1)NC(=O)[C@@H](O)[C@@H](S)C(=O)O. The second-order valence-electron chi connectivity index (χ2n) is 6.79. The Kier molecular flexibility index (Phi) is 9.88. The molecule has 1 rings (SSSR count). The molecule has 0 saturated carbocycles. The molecule has 0 aliphatic rings. The Morgan fingerprint density at radius 1 is 1.07 bits per heavy atom. The summed E-state index contributed by atoms with van der Waals surface area (Å²) in [6.45, 7) is 4.55. The van der Waals surface area contributed by atoms with E-state index < -0.39 is 29.3 Å². The standard InChI is InChI=1S/C19H28N2O5S/c1-12(2)10-11-20-17(23)14(9-8-13-6-4-3-5-7-13)21-18(24)15(22)16(27)19(25)26/h3-7,12,14-16,22,27H,8-11H2,1-2H3,(H,20,23)(H,21,24)(H,25,26)/t14-,15+,16-/m1/s1. The van der Waals surface area contributed by atoms with Crippen LogP contribution < -0.4 is 10.6 Å². The second kappa shape index (κ2) is 11.6. The van der Waals surface area contributed by atoms with Crippen molar-refractivity contribution >= 4 is 30.4 Å². The molecule has 0 radical (unpaired) electrons. The molecule has 2 amide bonds. The molecule has 7 nitrogen and oxygen atoms in total. The number of aliphatic hydroxyl groups is 1. The molecule has 1 aromatic carbocycles. The van der Waals surface area contributed by atoms with Crippen LogP contribution in [0.5, 0.6) is 0 Å². The third-order valence-electron chi connectivity index (χ3n) is 4.04. The highest BCUT2D eigenvalue weighted by molar-refractivity contribution is 7.81. The van der Waals surface area contributed by atoms with Gasteiger partial charge in [-0.25, -0.2) is 0 Å². The number of aliphatic carboxylic acids is 1. The molecule has 0 unspecified atom stereocenters. The molecule has 0 fully saturated rings. The molecule has 0 aliphatic carbocycles. The van der Waals surface area contributed by atoms with Gasteiger partial charge in [0.1, 0.15) is 11.3 Å². The maximum Gasteiger partial charge on any atom is 0.319 e. The molecule has 0 bridgehead atoms. The molecule has 4 N–H and O–H groups in total. The minimum absolute atomic E-state index is 0.320. The average Bonchev–Trinajstić information content (AvgIpc) is 2.63. The van der Waals surface area contributed by atoms with E-state index in [9.17, 15) is 19.5 Å². The van der Waals surface area contributed by atoms with Gasteiger partial charge in [0.05, 0.1) is 0 Å². The number of carbonyl (C=O) groups is 3. The van der Waals surface area contributed by atoms with Crippen molar-refractivity contribution in [1.29, 1.82) is 0 Å². The fourth-order valence-electron chi connectivity index (χ4n) is 2.37. The summed E-state index contributed by atoms with van der Waals surface area (Å²) in [6, 6.07) is 8.60. The summed E-state index contributed by atoms with van der Waals surface area (Å²) in [6.07, 6.45) is -0.192. The number of amides is 2. The van der Waals surface area contributed by atoms with Crippen LogP contribution in [0.2, 0.25) is 0 Å². The molecular weight excluding hydrogens is 368 g/mol. The number of hydrogen-bond acceptors (Lipinski definition) is 5. The first kappa shape index (κ1) is 23.0. The molecular formula is C19H28N2O5S. The first-order chi connectivity index (χ1) is 12.7. The number of hydrogen-bond donors (Lipinski definition) is 5. The topological polar surface area (TPSA) is 116 Å². The van der Waals surface area contributed by atoms with E-state index in [1.54, 1.807) is 0 Å². The van der Waals surface area contributed by atoms with Crippen molar-refractivity contribution in [3.63, 3.8) is 0 Å². The van der Waals surface area contributed by atoms with E-state index in [1.165, 1.54) is 0 Å². The van der Waals surface area contributed by atoms with E-state index in [0.29, 0.717) is 25.3 Å². The van der Waals surface area contributed by atoms with Gasteiger partial charge in [-0.3, -0.25) is 14.4 Å². The van der Waals surface area contributed by atoms with Crippen molar-refractivity contribution in [2.45, 2.75) is 50.5 Å². The zero-order valence-corrected chi connectivity index (χ0v) is 16.5. The lowest BCUT2D eigenvalue weighted by atomic mass is 10.0. The molecule has 8 heteroatoms. The van der Waals surface area contributed by atoms with Crippen LogP contribution in [0.15, 0.2) is 30.3 Å². The minimum atomic E-state index is -1.85. The summed E-state index contributed by atoms with van der Waals surface area (Å²) in [4.78, 5) is 35.5. The fraction of sp³-hybridized carbons (Fsp3) is 0.526. The Labute approximate surface area is 165 Å². The molecule has 0 saturated heterocycles. The molecule has 27 heavy (non-hydrogen) atoms. The van der Waals surface area contributed by atoms with Crippen LogP contribution in [-0.2, 0) is 20.8 Å². The number of nitrogens with one attached hydrogen (secondary N) is 2. The summed E-state index contributed by atoms with van der Waals surface area (Å²) in [5.74, 6) is -2.29. The Hall–Kier alpha value is -2.06. The lowest BCUT2D eigenvalue weighted by molar-refractivity contribution is -0.143. The highest BCUT2D eigenvalue weighted by atomic mass is 32.1. The molecule has 0 aromatic heterocycles. The number of thiol groups is 1. The van der Waals surface area contributed by atoms with Gasteiger partial charge in [-0.2, -0.15) is 12.6 Å². The number of carboxylic acids is 1. The van der Waals surface area contributed by atoms with Crippen LogP contribution in [0.3, 0.4) is 0 Å². The number of rotatable bonds is 11. The van der Waals surface area contributed by atoms with Crippen LogP contribution in [0.25, 0.3) is 0 Å². The molecule has 0 heterocycles. The molecule has 0 aliphatic heterocycles. The van der Waals surface area contributed by atoms with Crippen molar-refractivity contribution in [1.82, 2.24) is 10.6 Å². The molecule has 3 atom stereocenters. The smallest absolute Gasteiger partial charge is 0.319 e. The number of benzene rings is 1. The van der Waals surface area contributed by atoms with E-state index in [1.807, 2.05) is 44.2 Å². The zero-order valence-electron chi connectivity index (χ0n) is 15.6. The number of carbonyl (C=O) groups excluding carboxylic acids is 2. The predicted molar refractivity (Wildman–Crippen MR) is 106 cm³/mol. The highest BCUT2D eigenvalue weighted by Gasteiger charge is 2.31. The summed E-state index contributed by atoms with van der Waals surface area (Å²) in [5, 5.41) is 22.3. The van der Waals surface area contributed by atoms with Gasteiger partial charge in [0, 0.05) is 6.54 Å². The molecule has 150 valence electrons. The van der Waals surface area contributed by atoms with E-state index in [-0.39, 0.29) is 5.91 Å². The quantitative estimate of drug-likeness (QED) is 0.358. The van der Waals surface area contributed by atoms with E-state index in [4.69, 9.17) is 5.11 Å². The average molecular weight is 397 g/mol. The lowest BCUT2D eigenvalue weighted by Gasteiger charge is -2.21. The monoisotopic (exact) mass is 396 g/mol. The van der Waals surface area contributed by atoms with E-state index in [0.717, 1.165) is 12.0 Å². The lowest BCUT2D eigenvalue weighted by Crippen LogP contribution is -2.52. The summed E-state index contributed by atoms with van der Waals surface area (Å²) < 4.78 is 0. The van der Waals surface area contributed by atoms with Crippen LogP contribution in [0.4, 0.5) is 0 Å². The fourth-order valence-corrected chi connectivity index (χ4v) is 2.50. The number of aliphatic hydroxyl groups excluding tert-OH is 1. The second-order valence-corrected chi connectivity index (χ2v) is 7.34. The normalized spacial score (nSPS) is 14.3. The Bertz CT molecular complexity index is 624. The third kappa shape index (κ3) is 8.45. The van der Waals surface area contributed by atoms with Crippen molar-refractivity contribution in [3.8, 4) is 0 Å². The van der Waals surface area contributed by atoms with Gasteiger partial charge < -0.3 is 20.8 Å². The van der Waals surface area contributed by atoms with E-state index in [2.05, 4.69) is 23.3 Å². The van der Waals surface area contributed by atoms with Crippen molar-refractivity contribution in [2.75, 3.05) is 6.54 Å². The zero-order chi connectivity index (χ0) is 20.4. The third-order valence-corrected chi connectivity index (χ3v) is 4.54. The van der Waals surface area contributed by atoms with Crippen LogP contribution in [-0.4, -0.2) is 51.9 Å². The van der Waals surface area contributed by atoms with Gasteiger partial charge in [0.15, 0.2) is 6.10 Å². The van der Waals surface area contributed by atoms with Gasteiger partial charge in [0.2, 0.25) is 5.91 Å². The summed E-state index contributed by atoms with van der Waals surface area (Å²) in [7, 11) is 0. The maximum atomic E-state index is 12.5. The summed E-state index contributed by atoms with van der Waals surface area (Å²) >= 11 is 3.71. The largest absolute Gasteiger partial charge is 0.480 e. The van der Waals surface area contributed by atoms with Crippen molar-refractivity contribution in [2.24, 2.45) is 5.92 Å². The predicted octanol–water partition coefficient (Wildman–Crippen LogP) is 1.01. The van der Waals surface area contributed by atoms with Gasteiger partial charge in [-0.05, 0) is 30.7 Å². The van der Waals surface area contributed by atoms with Crippen LogP contribution in [0, 0.1) is 5.92 Å². The Balaban J connectivity index is 2.74. The number of carboxylic acid groups (broad SMARTS) is 1. The summed E-state index contributed by atoms with van der Waals surface area (Å²) in [5.41, 5.74) is 1.00. The van der Waals surface area contributed by atoms with Gasteiger partial charge >= 0.3 is 5.97 Å². The Morgan fingerprint density at radius 3 is 2.26 bits per heavy atom. The van der Waals surface area contributed by atoms with Crippen molar-refractivity contribution < 1.29 is 24.6 Å². The molecule has 1 aromatic rings.